The van der Waals surface area contributed by atoms with Gasteiger partial charge in [0.2, 0.25) is 0 Å². The van der Waals surface area contributed by atoms with Gasteiger partial charge < -0.3 is 13.9 Å². The Hall–Kier alpha value is -9.48. The predicted octanol–water partition coefficient (Wildman–Crippen LogP) is 22.3. The fourth-order valence-electron chi connectivity index (χ4n) is 13.3. The maximum atomic E-state index is 6.70. The number of anilines is 3. The van der Waals surface area contributed by atoms with E-state index in [1.165, 1.54) is 69.9 Å². The molecule has 0 radical (unpaired) electrons. The highest BCUT2D eigenvalue weighted by Crippen LogP contribution is 2.51. The van der Waals surface area contributed by atoms with E-state index >= 15 is 0 Å². The fraction of sp³-hybridized carbons (Fsp3) is 0.0909. The molecule has 3 heterocycles. The summed E-state index contributed by atoms with van der Waals surface area (Å²) < 4.78 is 11.8. The van der Waals surface area contributed by atoms with Gasteiger partial charge in [0.15, 0.2) is 0 Å². The van der Waals surface area contributed by atoms with Crippen LogP contribution in [-0.2, 0) is 10.8 Å². The quantitative estimate of drug-likeness (QED) is 0.159. The van der Waals surface area contributed by atoms with Gasteiger partial charge in [-0.05, 0) is 187 Å². The van der Waals surface area contributed by atoms with Crippen LogP contribution in [0.1, 0.15) is 51.3 Å². The fourth-order valence-corrected chi connectivity index (χ4v) is 14.4. The Labute approximate surface area is 475 Å². The topological polar surface area (TPSA) is 21.3 Å². The maximum absolute atomic E-state index is 6.70. The minimum absolute atomic E-state index is 0.0424. The monoisotopic (exact) mass is 1060 g/mol. The molecule has 0 saturated carbocycles. The second kappa shape index (κ2) is 17.8. The molecule has 0 fully saturated rings. The molecule has 0 atom stereocenters. The highest BCUT2D eigenvalue weighted by molar-refractivity contribution is 7.25. The predicted molar refractivity (Wildman–Crippen MR) is 346 cm³/mol. The number of furan rings is 1. The summed E-state index contributed by atoms with van der Waals surface area (Å²) in [5.74, 6) is 0. The third-order valence-electron chi connectivity index (χ3n) is 17.5. The van der Waals surface area contributed by atoms with Crippen molar-refractivity contribution in [1.29, 1.82) is 0 Å². The van der Waals surface area contributed by atoms with Crippen LogP contribution in [0.15, 0.2) is 253 Å². The van der Waals surface area contributed by atoms with Crippen LogP contribution in [0.5, 0.6) is 0 Å². The Morgan fingerprint density at radius 1 is 0.395 bits per heavy atom. The van der Waals surface area contributed by atoms with Crippen molar-refractivity contribution in [3.8, 4) is 50.2 Å². The van der Waals surface area contributed by atoms with Gasteiger partial charge >= 0.3 is 0 Å². The summed E-state index contributed by atoms with van der Waals surface area (Å²) in [5, 5.41) is 9.51. The van der Waals surface area contributed by atoms with Gasteiger partial charge in [-0.1, -0.05) is 168 Å². The molecule has 1 aliphatic carbocycles. The van der Waals surface area contributed by atoms with E-state index in [2.05, 4.69) is 293 Å². The first-order valence-corrected chi connectivity index (χ1v) is 29.0. The minimum atomic E-state index is -0.122. The van der Waals surface area contributed by atoms with Crippen LogP contribution in [0.2, 0.25) is 0 Å². The number of nitrogens with zero attached hydrogens (tertiary/aromatic N) is 2. The number of aromatic nitrogens is 1. The van der Waals surface area contributed by atoms with Crippen molar-refractivity contribution >= 4 is 103 Å². The molecule has 0 saturated heterocycles. The normalized spacial score (nSPS) is 13.1. The third-order valence-corrected chi connectivity index (χ3v) is 18.7. The first kappa shape index (κ1) is 47.5. The molecule has 0 bridgehead atoms. The number of rotatable bonds is 7. The molecule has 3 aromatic heterocycles. The number of fused-ring (bicyclic) bond motifs is 14. The Morgan fingerprint density at radius 2 is 1.02 bits per heavy atom. The SMILES string of the molecule is CC(C)(C)c1ccc(N(c2ccc(-c3cc(-c4ccccc4)cc(-c4ccc5c(c4)c4cc6ccc7c8ccccc8oc7c6cc4n5-c4ccc5sc6ccccc6c5c4)c3)cc2)c2ccc3c(c2)C(C)(C)c2ccccc2-3)cc1. The summed E-state index contributed by atoms with van der Waals surface area (Å²) in [4.78, 5) is 2.43. The molecule has 0 unspecified atom stereocenters. The van der Waals surface area contributed by atoms with Crippen LogP contribution >= 0.6 is 11.3 Å². The van der Waals surface area contributed by atoms with Gasteiger partial charge in [-0.2, -0.15) is 0 Å². The van der Waals surface area contributed by atoms with Gasteiger partial charge in [0.25, 0.3) is 0 Å². The van der Waals surface area contributed by atoms with Crippen LogP contribution < -0.4 is 4.90 Å². The van der Waals surface area contributed by atoms with E-state index in [0.717, 1.165) is 88.7 Å². The van der Waals surface area contributed by atoms with Gasteiger partial charge in [0, 0.05) is 75.3 Å². The average molecular weight is 1060 g/mol. The second-order valence-electron chi connectivity index (χ2n) is 23.7. The number of benzene rings is 12. The molecule has 0 amide bonds. The van der Waals surface area contributed by atoms with Crippen molar-refractivity contribution in [3.63, 3.8) is 0 Å². The van der Waals surface area contributed by atoms with E-state index in [1.807, 2.05) is 11.3 Å². The molecule has 0 aliphatic heterocycles. The van der Waals surface area contributed by atoms with Crippen molar-refractivity contribution in [2.75, 3.05) is 4.90 Å². The molecule has 15 aromatic rings. The molecular formula is C77H56N2OS. The minimum Gasteiger partial charge on any atom is -0.455 e. The Balaban J connectivity index is 0.850. The zero-order valence-corrected chi connectivity index (χ0v) is 46.7. The van der Waals surface area contributed by atoms with E-state index in [9.17, 15) is 0 Å². The van der Waals surface area contributed by atoms with Crippen LogP contribution in [0.3, 0.4) is 0 Å². The van der Waals surface area contributed by atoms with Crippen molar-refractivity contribution in [3.05, 3.63) is 265 Å². The summed E-state index contributed by atoms with van der Waals surface area (Å²) in [6.45, 7) is 11.6. The lowest BCUT2D eigenvalue weighted by atomic mass is 9.82. The zero-order valence-electron chi connectivity index (χ0n) is 45.9. The number of para-hydroxylation sites is 1. The Kier molecular flexibility index (Phi) is 10.4. The van der Waals surface area contributed by atoms with E-state index in [4.69, 9.17) is 4.42 Å². The third kappa shape index (κ3) is 7.54. The highest BCUT2D eigenvalue weighted by atomic mass is 32.1. The van der Waals surface area contributed by atoms with Crippen molar-refractivity contribution in [1.82, 2.24) is 4.57 Å². The molecular weight excluding hydrogens is 1000 g/mol. The van der Waals surface area contributed by atoms with Crippen molar-refractivity contribution < 1.29 is 4.42 Å². The number of hydrogen-bond acceptors (Lipinski definition) is 3. The first-order chi connectivity index (χ1) is 39.5. The van der Waals surface area contributed by atoms with E-state index in [1.54, 1.807) is 0 Å². The van der Waals surface area contributed by atoms with Gasteiger partial charge in [-0.15, -0.1) is 11.3 Å². The lowest BCUT2D eigenvalue weighted by Gasteiger charge is -2.29. The highest BCUT2D eigenvalue weighted by Gasteiger charge is 2.36. The van der Waals surface area contributed by atoms with Gasteiger partial charge in [-0.25, -0.2) is 0 Å². The van der Waals surface area contributed by atoms with Crippen molar-refractivity contribution in [2.45, 2.75) is 45.4 Å². The second-order valence-corrected chi connectivity index (χ2v) is 24.8. The lowest BCUT2D eigenvalue weighted by Crippen LogP contribution is -2.17. The van der Waals surface area contributed by atoms with Crippen molar-refractivity contribution in [2.24, 2.45) is 0 Å². The number of thiophene rings is 1. The summed E-state index contributed by atoms with van der Waals surface area (Å²) in [5.41, 5.74) is 22.3. The molecule has 4 heteroatoms. The van der Waals surface area contributed by atoms with Crippen LogP contribution in [0.4, 0.5) is 17.1 Å². The number of hydrogen-bond donors (Lipinski definition) is 0. The molecule has 0 spiro atoms. The van der Waals surface area contributed by atoms with Gasteiger partial charge in [0.05, 0.1) is 11.0 Å². The summed E-state index contributed by atoms with van der Waals surface area (Å²) in [7, 11) is 0. The van der Waals surface area contributed by atoms with Gasteiger partial charge in [-0.3, -0.25) is 0 Å². The molecule has 81 heavy (non-hydrogen) atoms. The van der Waals surface area contributed by atoms with E-state index in [-0.39, 0.29) is 10.8 Å². The summed E-state index contributed by atoms with van der Waals surface area (Å²) in [6.07, 6.45) is 0. The standard InChI is InChI=1S/C77H56N2OS/c1-76(2,3)54-27-31-56(32-28-54)78(58-33-36-60-59-17-9-12-20-68(59)77(4,5)69(60)45-58)55-29-23-48(24-30-55)52-39-51(47-15-7-6-8-16-47)40-53(41-52)49-26-37-70-65(42-49)66-43-50-25-35-63-61-18-10-13-21-72(61)80-75(63)64(50)46-71(66)79(70)57-34-38-74-67(44-57)62-19-11-14-22-73(62)81-74/h6-46H,1-5H3. The Bertz CT molecular complexity index is 5050. The van der Waals surface area contributed by atoms with Crippen LogP contribution in [0.25, 0.3) is 125 Å². The van der Waals surface area contributed by atoms with E-state index < -0.39 is 0 Å². The smallest absolute Gasteiger partial charge is 0.143 e. The Morgan fingerprint density at radius 3 is 1.81 bits per heavy atom. The summed E-state index contributed by atoms with van der Waals surface area (Å²) >= 11 is 1.86. The average Bonchev–Trinajstić information content (AvgIpc) is 4.39. The maximum Gasteiger partial charge on any atom is 0.143 e. The first-order valence-electron chi connectivity index (χ1n) is 28.2. The molecule has 0 N–H and O–H groups in total. The largest absolute Gasteiger partial charge is 0.455 e. The van der Waals surface area contributed by atoms with Crippen LogP contribution in [0, 0.1) is 0 Å². The molecule has 3 nitrogen and oxygen atoms in total. The van der Waals surface area contributed by atoms with Gasteiger partial charge in [0.1, 0.15) is 11.2 Å². The molecule has 1 aliphatic rings. The summed E-state index contributed by atoms with van der Waals surface area (Å²) in [6, 6.07) is 92.8. The lowest BCUT2D eigenvalue weighted by molar-refractivity contribution is 0.590. The molecule has 386 valence electrons. The zero-order chi connectivity index (χ0) is 54.3. The molecule has 16 rings (SSSR count). The molecule has 12 aromatic carbocycles. The van der Waals surface area contributed by atoms with E-state index in [0.29, 0.717) is 0 Å². The van der Waals surface area contributed by atoms with Crippen LogP contribution in [-0.4, -0.2) is 4.57 Å².